The van der Waals surface area contributed by atoms with Gasteiger partial charge in [0.05, 0.1) is 28.2 Å². The summed E-state index contributed by atoms with van der Waals surface area (Å²) in [5, 5.41) is 0. The Morgan fingerprint density at radius 2 is 1.74 bits per heavy atom. The maximum atomic E-state index is 12.3. The monoisotopic (exact) mass is 490 g/mol. The molecule has 0 radical (unpaired) electrons. The van der Waals surface area contributed by atoms with E-state index >= 15 is 0 Å². The summed E-state index contributed by atoms with van der Waals surface area (Å²) in [5.41, 5.74) is 2.58. The molecule has 2 amide bonds. The highest BCUT2D eigenvalue weighted by molar-refractivity contribution is 7.91. The number of aromatic amines is 1. The van der Waals surface area contributed by atoms with Gasteiger partial charge in [-0.15, -0.1) is 0 Å². The molecule has 0 atom stereocenters. The lowest BCUT2D eigenvalue weighted by atomic mass is 10.1. The fourth-order valence-electron chi connectivity index (χ4n) is 3.95. The average molecular weight is 491 g/mol. The van der Waals surface area contributed by atoms with Gasteiger partial charge in [-0.05, 0) is 42.5 Å². The van der Waals surface area contributed by atoms with Crippen molar-refractivity contribution in [3.63, 3.8) is 0 Å². The van der Waals surface area contributed by atoms with Crippen LogP contribution in [-0.4, -0.2) is 45.8 Å². The van der Waals surface area contributed by atoms with Gasteiger partial charge in [-0.25, -0.2) is 13.4 Å². The van der Waals surface area contributed by atoms with Crippen LogP contribution in [0.4, 0.5) is 0 Å². The van der Waals surface area contributed by atoms with Crippen molar-refractivity contribution in [2.45, 2.75) is 31.2 Å². The maximum absolute atomic E-state index is 12.3. The van der Waals surface area contributed by atoms with E-state index in [1.165, 1.54) is 17.0 Å². The van der Waals surface area contributed by atoms with Gasteiger partial charge < -0.3 is 9.72 Å². The first kappa shape index (κ1) is 22.7. The zero-order valence-electron chi connectivity index (χ0n) is 18.9. The summed E-state index contributed by atoms with van der Waals surface area (Å²) in [6, 6.07) is 15.2. The van der Waals surface area contributed by atoms with Crippen LogP contribution in [0.25, 0.3) is 22.6 Å². The molecule has 5 rings (SSSR count). The molecule has 4 aromatic rings. The number of carbonyl (C=O) groups is 2. The molecule has 0 spiro atoms. The number of hydrogen-bond acceptors (Lipinski definition) is 7. The van der Waals surface area contributed by atoms with Crippen molar-refractivity contribution in [2.24, 2.45) is 0 Å². The molecule has 0 saturated carbocycles. The zero-order chi connectivity index (χ0) is 24.6. The molecule has 0 unspecified atom stereocenters. The highest BCUT2D eigenvalue weighted by atomic mass is 32.2. The number of sulfone groups is 1. The molecule has 2 aromatic carbocycles. The van der Waals surface area contributed by atoms with Crippen LogP contribution in [0, 0.1) is 0 Å². The first-order valence-corrected chi connectivity index (χ1v) is 12.8. The summed E-state index contributed by atoms with van der Waals surface area (Å²) in [6.07, 6.45) is 2.07. The molecule has 1 saturated heterocycles. The van der Waals surface area contributed by atoms with Crippen LogP contribution in [0.3, 0.4) is 0 Å². The number of H-pyrrole nitrogens is 1. The number of imide groups is 1. The molecular weight excluding hydrogens is 468 g/mol. The summed E-state index contributed by atoms with van der Waals surface area (Å²) < 4.78 is 30.2. The van der Waals surface area contributed by atoms with E-state index in [9.17, 15) is 18.0 Å². The Kier molecular flexibility index (Phi) is 5.81. The highest BCUT2D eigenvalue weighted by Gasteiger charge is 2.29. The standard InChI is InChI=1S/C25H22N4O5S/c1-2-35(32,33)19-8-6-17(7-9-19)34-18-13-16(15-29-22(30)10-11-23(29)31)24-21(14-18)27-25(28-24)20-5-3-4-12-26-20/h3-9,12-14H,2,10-11,15H2,1H3,(H,27,28). The van der Waals surface area contributed by atoms with Crippen molar-refractivity contribution in [1.29, 1.82) is 0 Å². The molecular formula is C25H22N4O5S. The van der Waals surface area contributed by atoms with Gasteiger partial charge in [0.2, 0.25) is 11.8 Å². The number of amides is 2. The largest absolute Gasteiger partial charge is 0.457 e. The van der Waals surface area contributed by atoms with Gasteiger partial charge in [-0.1, -0.05) is 13.0 Å². The van der Waals surface area contributed by atoms with E-state index in [0.717, 1.165) is 0 Å². The van der Waals surface area contributed by atoms with Gasteiger partial charge in [0.25, 0.3) is 0 Å². The number of benzene rings is 2. The number of hydrogen-bond donors (Lipinski definition) is 1. The Morgan fingerprint density at radius 3 is 2.40 bits per heavy atom. The van der Waals surface area contributed by atoms with Crippen molar-refractivity contribution in [2.75, 3.05) is 5.75 Å². The molecule has 0 aliphatic carbocycles. The summed E-state index contributed by atoms with van der Waals surface area (Å²) in [6.45, 7) is 1.68. The van der Waals surface area contributed by atoms with Crippen LogP contribution >= 0.6 is 0 Å². The Balaban J connectivity index is 1.53. The fourth-order valence-corrected chi connectivity index (χ4v) is 4.84. The van der Waals surface area contributed by atoms with E-state index in [2.05, 4.69) is 15.0 Å². The molecule has 2 aromatic heterocycles. The number of ether oxygens (including phenoxy) is 1. The van der Waals surface area contributed by atoms with E-state index < -0.39 is 9.84 Å². The van der Waals surface area contributed by atoms with E-state index in [4.69, 9.17) is 4.74 Å². The fraction of sp³-hybridized carbons (Fsp3) is 0.200. The number of imidazole rings is 1. The van der Waals surface area contributed by atoms with E-state index in [1.807, 2.05) is 18.2 Å². The predicted molar refractivity (Wildman–Crippen MR) is 128 cm³/mol. The Hall–Kier alpha value is -4.05. The first-order chi connectivity index (χ1) is 16.8. The second-order valence-electron chi connectivity index (χ2n) is 8.13. The van der Waals surface area contributed by atoms with Crippen LogP contribution in [0.15, 0.2) is 65.7 Å². The summed E-state index contributed by atoms with van der Waals surface area (Å²) in [7, 11) is -3.32. The van der Waals surface area contributed by atoms with Crippen LogP contribution in [0.2, 0.25) is 0 Å². The van der Waals surface area contributed by atoms with Gasteiger partial charge in [-0.2, -0.15) is 0 Å². The van der Waals surface area contributed by atoms with Gasteiger partial charge in [0, 0.05) is 30.7 Å². The predicted octanol–water partition coefficient (Wildman–Crippen LogP) is 3.86. The number of carbonyl (C=O) groups excluding carboxylic acids is 2. The van der Waals surface area contributed by atoms with Gasteiger partial charge in [-0.3, -0.25) is 19.5 Å². The Labute approximate surface area is 201 Å². The Bertz CT molecular complexity index is 1510. The lowest BCUT2D eigenvalue weighted by Gasteiger charge is -2.15. The molecule has 178 valence electrons. The normalized spacial score (nSPS) is 14.1. The lowest BCUT2D eigenvalue weighted by Crippen LogP contribution is -2.28. The molecule has 1 N–H and O–H groups in total. The third kappa shape index (κ3) is 4.52. The van der Waals surface area contributed by atoms with E-state index in [0.29, 0.717) is 39.6 Å². The van der Waals surface area contributed by atoms with Crippen molar-refractivity contribution in [3.8, 4) is 23.0 Å². The third-order valence-electron chi connectivity index (χ3n) is 5.84. The van der Waals surface area contributed by atoms with Crippen molar-refractivity contribution >= 4 is 32.7 Å². The topological polar surface area (TPSA) is 122 Å². The number of rotatable bonds is 7. The smallest absolute Gasteiger partial charge is 0.229 e. The molecule has 35 heavy (non-hydrogen) atoms. The van der Waals surface area contributed by atoms with Gasteiger partial charge in [0.1, 0.15) is 17.2 Å². The first-order valence-electron chi connectivity index (χ1n) is 11.1. The molecule has 1 aliphatic rings. The molecule has 0 bridgehead atoms. The molecule has 1 aliphatic heterocycles. The van der Waals surface area contributed by atoms with Crippen molar-refractivity contribution in [1.82, 2.24) is 19.9 Å². The van der Waals surface area contributed by atoms with Crippen LogP contribution < -0.4 is 4.74 Å². The number of nitrogens with one attached hydrogen (secondary N) is 1. The highest BCUT2D eigenvalue weighted by Crippen LogP contribution is 2.31. The second-order valence-corrected chi connectivity index (χ2v) is 10.4. The number of nitrogens with zero attached hydrogens (tertiary/aromatic N) is 3. The van der Waals surface area contributed by atoms with Gasteiger partial charge >= 0.3 is 0 Å². The lowest BCUT2D eigenvalue weighted by molar-refractivity contribution is -0.139. The zero-order valence-corrected chi connectivity index (χ0v) is 19.7. The van der Waals surface area contributed by atoms with Crippen LogP contribution in [-0.2, 0) is 26.0 Å². The summed E-state index contributed by atoms with van der Waals surface area (Å²) in [4.78, 5) is 38.2. The minimum atomic E-state index is -3.32. The van der Waals surface area contributed by atoms with E-state index in [1.54, 1.807) is 37.4 Å². The number of fused-ring (bicyclic) bond motifs is 1. The minimum absolute atomic E-state index is 0.0128. The molecule has 3 heterocycles. The molecule has 9 nitrogen and oxygen atoms in total. The SMILES string of the molecule is CCS(=O)(=O)c1ccc(Oc2cc(CN3C(=O)CCC3=O)c3[nH]c(-c4ccccn4)nc3c2)cc1. The number of likely N-dealkylation sites (tertiary alicyclic amines) is 1. The van der Waals surface area contributed by atoms with Crippen LogP contribution in [0.5, 0.6) is 11.5 Å². The van der Waals surface area contributed by atoms with Crippen LogP contribution in [0.1, 0.15) is 25.3 Å². The van der Waals surface area contributed by atoms with Crippen molar-refractivity contribution < 1.29 is 22.7 Å². The molecule has 1 fully saturated rings. The van der Waals surface area contributed by atoms with Crippen molar-refractivity contribution in [3.05, 3.63) is 66.4 Å². The average Bonchev–Trinajstić information content (AvgIpc) is 3.44. The third-order valence-corrected chi connectivity index (χ3v) is 7.59. The molecule has 10 heteroatoms. The maximum Gasteiger partial charge on any atom is 0.229 e. The summed E-state index contributed by atoms with van der Waals surface area (Å²) >= 11 is 0. The Morgan fingerprint density at radius 1 is 1.00 bits per heavy atom. The minimum Gasteiger partial charge on any atom is -0.457 e. The number of aromatic nitrogens is 3. The second kappa shape index (κ2) is 8.95. The number of pyridine rings is 1. The summed E-state index contributed by atoms with van der Waals surface area (Å²) in [5.74, 6) is 1.01. The van der Waals surface area contributed by atoms with Gasteiger partial charge in [0.15, 0.2) is 15.7 Å². The quantitative estimate of drug-likeness (QED) is 0.390. The van der Waals surface area contributed by atoms with E-state index in [-0.39, 0.29) is 41.8 Å².